The fourth-order valence-electron chi connectivity index (χ4n) is 2.89. The van der Waals surface area contributed by atoms with Gasteiger partial charge in [0.15, 0.2) is 0 Å². The summed E-state index contributed by atoms with van der Waals surface area (Å²) in [4.78, 5) is 6.62. The molecule has 1 aliphatic rings. The number of aliphatic hydroxyl groups excluding tert-OH is 1. The number of nitrogens with zero attached hydrogens (tertiary/aromatic N) is 2. The first-order chi connectivity index (χ1) is 8.24. The van der Waals surface area contributed by atoms with Gasteiger partial charge in [-0.15, -0.1) is 0 Å². The third-order valence-corrected chi connectivity index (χ3v) is 3.76. The van der Waals surface area contributed by atoms with Crippen LogP contribution in [0.2, 0.25) is 0 Å². The van der Waals surface area contributed by atoms with Crippen molar-refractivity contribution in [2.45, 2.75) is 32.2 Å². The number of aromatic nitrogens is 1. The molecule has 0 atom stereocenters. The first-order valence-electron chi connectivity index (χ1n) is 6.43. The van der Waals surface area contributed by atoms with Gasteiger partial charge < -0.3 is 5.11 Å². The molecule has 1 heterocycles. The molecule has 1 fully saturated rings. The molecule has 1 N–H and O–H groups in total. The maximum absolute atomic E-state index is 9.59. The van der Waals surface area contributed by atoms with Crippen LogP contribution < -0.4 is 0 Å². The normalized spacial score (nSPS) is 18.8. The van der Waals surface area contributed by atoms with E-state index in [9.17, 15) is 5.11 Å². The molecule has 3 nitrogen and oxygen atoms in total. The molecule has 0 aliphatic heterocycles. The molecular weight excluding hydrogens is 212 g/mol. The minimum Gasteiger partial charge on any atom is -0.396 e. The molecule has 0 aromatic carbocycles. The molecule has 1 aromatic rings. The van der Waals surface area contributed by atoms with E-state index in [1.54, 1.807) is 0 Å². The van der Waals surface area contributed by atoms with E-state index in [1.807, 2.05) is 18.3 Å². The number of pyridine rings is 1. The Hall–Kier alpha value is -0.930. The summed E-state index contributed by atoms with van der Waals surface area (Å²) in [5, 5.41) is 9.59. The van der Waals surface area contributed by atoms with Crippen LogP contribution in [-0.2, 0) is 6.54 Å². The van der Waals surface area contributed by atoms with E-state index in [4.69, 9.17) is 0 Å². The number of aliphatic hydroxyl groups is 1. The van der Waals surface area contributed by atoms with E-state index in [-0.39, 0.29) is 5.41 Å². The van der Waals surface area contributed by atoms with Gasteiger partial charge in [0, 0.05) is 31.3 Å². The lowest BCUT2D eigenvalue weighted by Crippen LogP contribution is -2.36. The highest BCUT2D eigenvalue weighted by molar-refractivity contribution is 5.03. The monoisotopic (exact) mass is 234 g/mol. The Morgan fingerprint density at radius 1 is 1.35 bits per heavy atom. The van der Waals surface area contributed by atoms with Gasteiger partial charge in [-0.25, -0.2) is 0 Å². The summed E-state index contributed by atoms with van der Waals surface area (Å²) < 4.78 is 0. The molecule has 0 unspecified atom stereocenters. The van der Waals surface area contributed by atoms with E-state index < -0.39 is 0 Å². The maximum atomic E-state index is 9.59. The fraction of sp³-hybridized carbons (Fsp3) is 0.643. The third-order valence-electron chi connectivity index (χ3n) is 3.76. The molecule has 1 aromatic heterocycles. The van der Waals surface area contributed by atoms with Crippen LogP contribution in [0.15, 0.2) is 24.4 Å². The first kappa shape index (κ1) is 12.5. The lowest BCUT2D eigenvalue weighted by Gasteiger charge is -2.31. The van der Waals surface area contributed by atoms with Crippen LogP contribution in [0.5, 0.6) is 0 Å². The summed E-state index contributed by atoms with van der Waals surface area (Å²) in [6.07, 6.45) is 6.68. The predicted octanol–water partition coefficient (Wildman–Crippen LogP) is 2.07. The van der Waals surface area contributed by atoms with E-state index in [0.29, 0.717) is 6.61 Å². The Balaban J connectivity index is 1.90. The second-order valence-corrected chi connectivity index (χ2v) is 5.36. The van der Waals surface area contributed by atoms with Gasteiger partial charge in [0.2, 0.25) is 0 Å². The highest BCUT2D eigenvalue weighted by Crippen LogP contribution is 2.38. The minimum atomic E-state index is 0.142. The molecule has 0 bridgehead atoms. The van der Waals surface area contributed by atoms with Crippen molar-refractivity contribution in [1.29, 1.82) is 0 Å². The minimum absolute atomic E-state index is 0.142. The molecule has 2 rings (SSSR count). The van der Waals surface area contributed by atoms with Gasteiger partial charge in [-0.05, 0) is 32.0 Å². The van der Waals surface area contributed by atoms with E-state index in [0.717, 1.165) is 31.6 Å². The van der Waals surface area contributed by atoms with Crippen molar-refractivity contribution in [3.63, 3.8) is 0 Å². The molecular formula is C14H22N2O. The second kappa shape index (κ2) is 5.61. The summed E-state index contributed by atoms with van der Waals surface area (Å²) in [6, 6.07) is 6.01. The summed E-state index contributed by atoms with van der Waals surface area (Å²) in [5.41, 5.74) is 1.24. The van der Waals surface area contributed by atoms with Gasteiger partial charge in [0.05, 0.1) is 5.69 Å². The lowest BCUT2D eigenvalue weighted by atomic mass is 9.86. The molecule has 0 radical (unpaired) electrons. The highest BCUT2D eigenvalue weighted by atomic mass is 16.3. The van der Waals surface area contributed by atoms with Crippen LogP contribution in [0.25, 0.3) is 0 Å². The summed E-state index contributed by atoms with van der Waals surface area (Å²) in [7, 11) is 2.12. The number of hydrogen-bond acceptors (Lipinski definition) is 3. The van der Waals surface area contributed by atoms with Gasteiger partial charge >= 0.3 is 0 Å². The number of hydrogen-bond donors (Lipinski definition) is 1. The van der Waals surface area contributed by atoms with Crippen LogP contribution in [0, 0.1) is 5.41 Å². The van der Waals surface area contributed by atoms with Crippen LogP contribution in [0.4, 0.5) is 0 Å². The predicted molar refractivity (Wildman–Crippen MR) is 68.6 cm³/mol. The number of rotatable bonds is 5. The van der Waals surface area contributed by atoms with Crippen LogP contribution in [-0.4, -0.2) is 35.2 Å². The van der Waals surface area contributed by atoms with E-state index >= 15 is 0 Å². The Bertz CT molecular complexity index is 333. The molecule has 1 aliphatic carbocycles. The molecule has 0 amide bonds. The van der Waals surface area contributed by atoms with E-state index in [2.05, 4.69) is 23.0 Å². The molecule has 17 heavy (non-hydrogen) atoms. The van der Waals surface area contributed by atoms with Gasteiger partial charge in [0.25, 0.3) is 0 Å². The van der Waals surface area contributed by atoms with Crippen molar-refractivity contribution < 1.29 is 5.11 Å². The van der Waals surface area contributed by atoms with Crippen molar-refractivity contribution in [1.82, 2.24) is 9.88 Å². The second-order valence-electron chi connectivity index (χ2n) is 5.36. The van der Waals surface area contributed by atoms with Gasteiger partial charge in [0.1, 0.15) is 0 Å². The van der Waals surface area contributed by atoms with Gasteiger partial charge in [-0.1, -0.05) is 18.9 Å². The Kier molecular flexibility index (Phi) is 4.13. The van der Waals surface area contributed by atoms with Crippen molar-refractivity contribution in [3.8, 4) is 0 Å². The molecule has 0 saturated heterocycles. The van der Waals surface area contributed by atoms with Crippen LogP contribution in [0.3, 0.4) is 0 Å². The molecule has 1 saturated carbocycles. The van der Waals surface area contributed by atoms with Gasteiger partial charge in [-0.3, -0.25) is 9.88 Å². The maximum Gasteiger partial charge on any atom is 0.0543 e. The van der Waals surface area contributed by atoms with Crippen LogP contribution in [0.1, 0.15) is 31.4 Å². The van der Waals surface area contributed by atoms with Crippen LogP contribution >= 0.6 is 0 Å². The Morgan fingerprint density at radius 3 is 2.71 bits per heavy atom. The fourth-order valence-corrected chi connectivity index (χ4v) is 2.89. The third kappa shape index (κ3) is 3.27. The summed E-state index contributed by atoms with van der Waals surface area (Å²) >= 11 is 0. The summed E-state index contributed by atoms with van der Waals surface area (Å²) in [6.45, 7) is 2.15. The Morgan fingerprint density at radius 2 is 2.12 bits per heavy atom. The lowest BCUT2D eigenvalue weighted by molar-refractivity contribution is 0.0859. The SMILES string of the molecule is CN(Cc1ccccn1)CC1(CO)CCCC1. The zero-order chi connectivity index (χ0) is 12.1. The average Bonchev–Trinajstić information content (AvgIpc) is 2.79. The van der Waals surface area contributed by atoms with Crippen molar-refractivity contribution >= 4 is 0 Å². The smallest absolute Gasteiger partial charge is 0.0543 e. The topological polar surface area (TPSA) is 36.4 Å². The van der Waals surface area contributed by atoms with Gasteiger partial charge in [-0.2, -0.15) is 0 Å². The average molecular weight is 234 g/mol. The standard InChI is InChI=1S/C14H22N2O/c1-16(10-13-6-2-5-9-15-13)11-14(12-17)7-3-4-8-14/h2,5-6,9,17H,3-4,7-8,10-12H2,1H3. The largest absolute Gasteiger partial charge is 0.396 e. The molecule has 0 spiro atoms. The zero-order valence-corrected chi connectivity index (χ0v) is 10.6. The van der Waals surface area contributed by atoms with E-state index in [1.165, 1.54) is 12.8 Å². The van der Waals surface area contributed by atoms with Crippen molar-refractivity contribution in [2.24, 2.45) is 5.41 Å². The van der Waals surface area contributed by atoms with Crippen molar-refractivity contribution in [2.75, 3.05) is 20.2 Å². The molecule has 3 heteroatoms. The van der Waals surface area contributed by atoms with Crippen molar-refractivity contribution in [3.05, 3.63) is 30.1 Å². The Labute approximate surface area is 103 Å². The quantitative estimate of drug-likeness (QED) is 0.847. The first-order valence-corrected chi connectivity index (χ1v) is 6.43. The zero-order valence-electron chi connectivity index (χ0n) is 10.6. The highest BCUT2D eigenvalue weighted by Gasteiger charge is 2.34. The summed E-state index contributed by atoms with van der Waals surface area (Å²) in [5.74, 6) is 0. The molecule has 94 valence electrons.